The Kier molecular flexibility index (Phi) is 2.36. The fraction of sp³-hybridized carbons (Fsp3) is 0.429. The zero-order valence-corrected chi connectivity index (χ0v) is 6.50. The maximum Gasteiger partial charge on any atom is 0.255 e. The van der Waals surface area contributed by atoms with Crippen LogP contribution in [0.25, 0.3) is 0 Å². The van der Waals surface area contributed by atoms with Crippen molar-refractivity contribution in [3.8, 4) is 0 Å². The van der Waals surface area contributed by atoms with Crippen LogP contribution in [0.2, 0.25) is 0 Å². The molecule has 1 aromatic heterocycles. The fourth-order valence-electron chi connectivity index (χ4n) is 0.691. The molecule has 1 heterocycles. The van der Waals surface area contributed by atoms with Crippen molar-refractivity contribution >= 4 is 5.82 Å². The van der Waals surface area contributed by atoms with Crippen LogP contribution in [-0.4, -0.2) is 16.0 Å². The first-order valence-electron chi connectivity index (χ1n) is 3.43. The molecule has 0 aliphatic heterocycles. The topological polar surface area (TPSA) is 37.8 Å². The Hall–Kier alpha value is -1.19. The number of nitrogens with one attached hydrogen (secondary N) is 1. The van der Waals surface area contributed by atoms with Crippen LogP contribution in [0, 0.1) is 5.95 Å². The Labute approximate surface area is 64.7 Å². The summed E-state index contributed by atoms with van der Waals surface area (Å²) < 4.78 is 12.7. The Balaban J connectivity index is 2.78. The average molecular weight is 155 g/mol. The molecule has 0 amide bonds. The first-order valence-corrected chi connectivity index (χ1v) is 3.43. The molecule has 0 aliphatic carbocycles. The van der Waals surface area contributed by atoms with E-state index >= 15 is 0 Å². The van der Waals surface area contributed by atoms with Gasteiger partial charge in [0.15, 0.2) is 5.82 Å². The molecule has 1 N–H and O–H groups in total. The molecule has 0 spiro atoms. The normalized spacial score (nSPS) is 10.2. The monoisotopic (exact) mass is 155 g/mol. The highest BCUT2D eigenvalue weighted by molar-refractivity contribution is 5.32. The summed E-state index contributed by atoms with van der Waals surface area (Å²) in [5.41, 5.74) is 0. The number of hydrogen-bond acceptors (Lipinski definition) is 3. The highest BCUT2D eigenvalue weighted by Gasteiger charge is 2.03. The van der Waals surface area contributed by atoms with Crippen LogP contribution in [0.5, 0.6) is 0 Å². The molecule has 0 saturated heterocycles. The number of halogens is 1. The molecule has 60 valence electrons. The van der Waals surface area contributed by atoms with Crippen LogP contribution < -0.4 is 5.32 Å². The van der Waals surface area contributed by atoms with E-state index in [4.69, 9.17) is 0 Å². The van der Waals surface area contributed by atoms with Gasteiger partial charge in [-0.3, -0.25) is 0 Å². The largest absolute Gasteiger partial charge is 0.364 e. The van der Waals surface area contributed by atoms with Gasteiger partial charge in [-0.05, 0) is 13.8 Å². The first kappa shape index (κ1) is 7.91. The Bertz CT molecular complexity index is 237. The Morgan fingerprint density at radius 1 is 1.36 bits per heavy atom. The number of hydrogen-bond donors (Lipinski definition) is 1. The number of anilines is 1. The van der Waals surface area contributed by atoms with E-state index in [0.717, 1.165) is 0 Å². The van der Waals surface area contributed by atoms with Crippen molar-refractivity contribution in [2.45, 2.75) is 19.9 Å². The van der Waals surface area contributed by atoms with Gasteiger partial charge in [0.1, 0.15) is 0 Å². The van der Waals surface area contributed by atoms with Gasteiger partial charge in [0.05, 0.1) is 0 Å². The van der Waals surface area contributed by atoms with E-state index in [1.165, 1.54) is 12.4 Å². The smallest absolute Gasteiger partial charge is 0.255 e. The Morgan fingerprint density at radius 3 is 2.55 bits per heavy atom. The molecular weight excluding hydrogens is 145 g/mol. The van der Waals surface area contributed by atoms with Gasteiger partial charge in [-0.1, -0.05) is 0 Å². The lowest BCUT2D eigenvalue weighted by atomic mass is 10.4. The lowest BCUT2D eigenvalue weighted by Crippen LogP contribution is -2.12. The van der Waals surface area contributed by atoms with E-state index in [1.54, 1.807) is 0 Å². The summed E-state index contributed by atoms with van der Waals surface area (Å²) in [7, 11) is 0. The van der Waals surface area contributed by atoms with Crippen LogP contribution in [0.1, 0.15) is 13.8 Å². The summed E-state index contributed by atoms with van der Waals surface area (Å²) in [6.45, 7) is 3.82. The quantitative estimate of drug-likeness (QED) is 0.702. The van der Waals surface area contributed by atoms with Crippen LogP contribution in [-0.2, 0) is 0 Å². The summed E-state index contributed by atoms with van der Waals surface area (Å²) in [5, 5.41) is 2.82. The highest BCUT2D eigenvalue weighted by Crippen LogP contribution is 2.05. The van der Waals surface area contributed by atoms with E-state index in [9.17, 15) is 4.39 Å². The molecule has 0 fully saturated rings. The molecule has 0 radical (unpaired) electrons. The van der Waals surface area contributed by atoms with Crippen molar-refractivity contribution in [2.24, 2.45) is 0 Å². The minimum absolute atomic E-state index is 0.168. The average Bonchev–Trinajstić information content (AvgIpc) is 1.93. The van der Waals surface area contributed by atoms with Gasteiger partial charge in [-0.15, -0.1) is 0 Å². The van der Waals surface area contributed by atoms with Crippen molar-refractivity contribution in [1.82, 2.24) is 9.97 Å². The second-order valence-electron chi connectivity index (χ2n) is 2.49. The highest BCUT2D eigenvalue weighted by atomic mass is 19.1. The van der Waals surface area contributed by atoms with Crippen LogP contribution in [0.3, 0.4) is 0 Å². The lowest BCUT2D eigenvalue weighted by molar-refractivity contribution is 0.578. The van der Waals surface area contributed by atoms with Gasteiger partial charge < -0.3 is 5.32 Å². The molecule has 3 nitrogen and oxygen atoms in total. The molecule has 0 aliphatic rings. The third-order valence-electron chi connectivity index (χ3n) is 1.08. The van der Waals surface area contributed by atoms with Crippen LogP contribution >= 0.6 is 0 Å². The molecule has 11 heavy (non-hydrogen) atoms. The minimum Gasteiger partial charge on any atom is -0.364 e. The minimum atomic E-state index is -0.554. The van der Waals surface area contributed by atoms with Crippen LogP contribution in [0.15, 0.2) is 12.4 Å². The van der Waals surface area contributed by atoms with E-state index in [1.807, 2.05) is 13.8 Å². The van der Waals surface area contributed by atoms with Gasteiger partial charge in [0.2, 0.25) is 0 Å². The first-order chi connectivity index (χ1) is 5.20. The van der Waals surface area contributed by atoms with Gasteiger partial charge in [0, 0.05) is 18.4 Å². The zero-order chi connectivity index (χ0) is 8.27. The van der Waals surface area contributed by atoms with Crippen molar-refractivity contribution in [3.63, 3.8) is 0 Å². The zero-order valence-electron chi connectivity index (χ0n) is 6.50. The van der Waals surface area contributed by atoms with Crippen molar-refractivity contribution in [2.75, 3.05) is 5.32 Å². The van der Waals surface area contributed by atoms with Crippen molar-refractivity contribution in [3.05, 3.63) is 18.3 Å². The summed E-state index contributed by atoms with van der Waals surface area (Å²) in [6.07, 6.45) is 2.77. The SMILES string of the molecule is CC(C)Nc1nccnc1F. The molecular formula is C7H10FN3. The standard InChI is InChI=1S/C7H10FN3/c1-5(2)11-7-6(8)9-3-4-10-7/h3-5H,1-2H3,(H,10,11). The van der Waals surface area contributed by atoms with Crippen LogP contribution in [0.4, 0.5) is 10.2 Å². The number of rotatable bonds is 2. The molecule has 0 atom stereocenters. The molecule has 4 heteroatoms. The van der Waals surface area contributed by atoms with Crippen molar-refractivity contribution < 1.29 is 4.39 Å². The second-order valence-corrected chi connectivity index (χ2v) is 2.49. The summed E-state index contributed by atoms with van der Waals surface area (Å²) in [6, 6.07) is 0.168. The molecule has 0 bridgehead atoms. The lowest BCUT2D eigenvalue weighted by Gasteiger charge is -2.07. The van der Waals surface area contributed by atoms with Gasteiger partial charge >= 0.3 is 0 Å². The summed E-state index contributed by atoms with van der Waals surface area (Å²) >= 11 is 0. The predicted molar refractivity (Wildman–Crippen MR) is 40.7 cm³/mol. The molecule has 0 unspecified atom stereocenters. The fourth-order valence-corrected chi connectivity index (χ4v) is 0.691. The summed E-state index contributed by atoms with van der Waals surface area (Å²) in [4.78, 5) is 7.21. The predicted octanol–water partition coefficient (Wildman–Crippen LogP) is 1.44. The van der Waals surface area contributed by atoms with Gasteiger partial charge in [0.25, 0.3) is 5.95 Å². The molecule has 0 saturated carbocycles. The van der Waals surface area contributed by atoms with Gasteiger partial charge in [-0.25, -0.2) is 9.97 Å². The van der Waals surface area contributed by atoms with Gasteiger partial charge in [-0.2, -0.15) is 4.39 Å². The van der Waals surface area contributed by atoms with Crippen molar-refractivity contribution in [1.29, 1.82) is 0 Å². The molecule has 1 aromatic rings. The van der Waals surface area contributed by atoms with E-state index in [-0.39, 0.29) is 11.9 Å². The summed E-state index contributed by atoms with van der Waals surface area (Å²) in [5.74, 6) is -0.344. The maximum absolute atomic E-state index is 12.7. The third kappa shape index (κ3) is 2.14. The molecule has 1 rings (SSSR count). The Morgan fingerprint density at radius 2 is 2.00 bits per heavy atom. The van der Waals surface area contributed by atoms with E-state index < -0.39 is 5.95 Å². The van der Waals surface area contributed by atoms with E-state index in [0.29, 0.717) is 0 Å². The second kappa shape index (κ2) is 3.27. The maximum atomic E-state index is 12.7. The molecule has 0 aromatic carbocycles. The number of aromatic nitrogens is 2. The van der Waals surface area contributed by atoms with E-state index in [2.05, 4.69) is 15.3 Å². The number of nitrogens with zero attached hydrogens (tertiary/aromatic N) is 2. The third-order valence-corrected chi connectivity index (χ3v) is 1.08.